The van der Waals surface area contributed by atoms with Gasteiger partial charge >= 0.3 is 0 Å². The van der Waals surface area contributed by atoms with Crippen molar-refractivity contribution in [3.63, 3.8) is 0 Å². The number of hydrogen-bond donors (Lipinski definition) is 1. The number of hydrogen-bond acceptors (Lipinski definition) is 3. The van der Waals surface area contributed by atoms with E-state index in [0.717, 1.165) is 17.5 Å². The molecule has 3 nitrogen and oxygen atoms in total. The Kier molecular flexibility index (Phi) is 3.88. The lowest BCUT2D eigenvalue weighted by Crippen LogP contribution is -2.12. The topological polar surface area (TPSA) is 56.0 Å². The molecule has 0 amide bonds. The zero-order chi connectivity index (χ0) is 16.6. The van der Waals surface area contributed by atoms with E-state index in [4.69, 9.17) is 5.73 Å². The molecule has 3 aromatic rings. The lowest BCUT2D eigenvalue weighted by Gasteiger charge is -2.11. The van der Waals surface area contributed by atoms with E-state index in [0.29, 0.717) is 10.9 Å². The number of nitrogens with zero attached hydrogens (tertiary/aromatic N) is 1. The molecule has 23 heavy (non-hydrogen) atoms. The number of nitrogens with two attached hydrogens (primary N) is 1. The highest BCUT2D eigenvalue weighted by Gasteiger charge is 2.22. The van der Waals surface area contributed by atoms with Crippen molar-refractivity contribution in [3.05, 3.63) is 77.1 Å². The van der Waals surface area contributed by atoms with Crippen LogP contribution in [-0.4, -0.2) is 10.8 Å². The highest BCUT2D eigenvalue weighted by Crippen LogP contribution is 2.25. The van der Waals surface area contributed by atoms with Crippen LogP contribution >= 0.6 is 0 Å². The molecule has 5 heteroatoms. The Hall–Kier alpha value is -2.66. The fourth-order valence-electron chi connectivity index (χ4n) is 2.53. The van der Waals surface area contributed by atoms with Crippen molar-refractivity contribution in [2.75, 3.05) is 0 Å². The van der Waals surface area contributed by atoms with Crippen molar-refractivity contribution in [1.82, 2.24) is 4.98 Å². The van der Waals surface area contributed by atoms with Crippen LogP contribution in [0.25, 0.3) is 10.8 Å². The predicted molar refractivity (Wildman–Crippen MR) is 84.1 cm³/mol. The van der Waals surface area contributed by atoms with Gasteiger partial charge in [0.1, 0.15) is 11.6 Å². The summed E-state index contributed by atoms with van der Waals surface area (Å²) in [5, 5.41) is 1.33. The summed E-state index contributed by atoms with van der Waals surface area (Å²) in [5.41, 5.74) is 5.60. The predicted octanol–water partition coefficient (Wildman–Crippen LogP) is 3.76. The summed E-state index contributed by atoms with van der Waals surface area (Å²) < 4.78 is 28.6. The largest absolute Gasteiger partial charge is 0.324 e. The van der Waals surface area contributed by atoms with Crippen LogP contribution in [0.1, 0.15) is 34.5 Å². The molecule has 116 valence electrons. The molecular weight excluding hydrogens is 298 g/mol. The number of halogens is 2. The van der Waals surface area contributed by atoms with Crippen LogP contribution < -0.4 is 5.73 Å². The summed E-state index contributed by atoms with van der Waals surface area (Å²) in [5.74, 6) is -2.52. The average Bonchev–Trinajstić information content (AvgIpc) is 2.53. The first-order valence-electron chi connectivity index (χ1n) is 7.11. The zero-order valence-corrected chi connectivity index (χ0v) is 12.4. The minimum absolute atomic E-state index is 0.233. The highest BCUT2D eigenvalue weighted by atomic mass is 19.1. The van der Waals surface area contributed by atoms with E-state index < -0.39 is 29.0 Å². The second-order valence-electron chi connectivity index (χ2n) is 5.38. The maximum Gasteiger partial charge on any atom is 0.199 e. The van der Waals surface area contributed by atoms with Crippen molar-refractivity contribution < 1.29 is 13.6 Å². The molecule has 1 atom stereocenters. The quantitative estimate of drug-likeness (QED) is 0.749. The van der Waals surface area contributed by atoms with E-state index in [9.17, 15) is 13.6 Å². The third-order valence-electron chi connectivity index (χ3n) is 3.74. The lowest BCUT2D eigenvalue weighted by molar-refractivity contribution is 0.103. The van der Waals surface area contributed by atoms with Gasteiger partial charge in [0.15, 0.2) is 5.78 Å². The molecule has 0 saturated carbocycles. The Labute approximate surface area is 131 Å². The van der Waals surface area contributed by atoms with Gasteiger partial charge in [-0.1, -0.05) is 18.2 Å². The molecular formula is C18H14F2N2O. The van der Waals surface area contributed by atoms with Gasteiger partial charge in [-0.3, -0.25) is 9.78 Å². The number of carbonyl (C=O) groups excluding carboxylic acids is 1. The van der Waals surface area contributed by atoms with Gasteiger partial charge in [0, 0.05) is 29.4 Å². The van der Waals surface area contributed by atoms with Gasteiger partial charge in [-0.15, -0.1) is 0 Å². The van der Waals surface area contributed by atoms with E-state index in [1.165, 1.54) is 6.20 Å². The Balaban J connectivity index is 2.17. The first kappa shape index (κ1) is 15.2. The fourth-order valence-corrected chi connectivity index (χ4v) is 2.53. The maximum absolute atomic E-state index is 14.3. The first-order chi connectivity index (χ1) is 11.0. The number of carbonyl (C=O) groups is 1. The molecule has 0 saturated heterocycles. The van der Waals surface area contributed by atoms with Crippen LogP contribution in [-0.2, 0) is 0 Å². The zero-order valence-electron chi connectivity index (χ0n) is 12.4. The minimum atomic E-state index is -0.909. The van der Waals surface area contributed by atoms with Gasteiger partial charge < -0.3 is 5.73 Å². The van der Waals surface area contributed by atoms with Gasteiger partial charge in [0.05, 0.1) is 5.56 Å². The van der Waals surface area contributed by atoms with Gasteiger partial charge in [0.25, 0.3) is 0 Å². The number of ketones is 1. The summed E-state index contributed by atoms with van der Waals surface area (Å²) >= 11 is 0. The monoisotopic (exact) mass is 312 g/mol. The number of fused-ring (bicyclic) bond motifs is 1. The second kappa shape index (κ2) is 5.85. The molecule has 1 unspecified atom stereocenters. The van der Waals surface area contributed by atoms with E-state index in [2.05, 4.69) is 4.98 Å². The summed E-state index contributed by atoms with van der Waals surface area (Å²) in [6, 6.07) is 8.32. The summed E-state index contributed by atoms with van der Waals surface area (Å²) in [4.78, 5) is 16.6. The molecule has 1 heterocycles. The number of aromatic nitrogens is 1. The maximum atomic E-state index is 14.3. The lowest BCUT2D eigenvalue weighted by atomic mass is 9.96. The van der Waals surface area contributed by atoms with Gasteiger partial charge in [-0.25, -0.2) is 8.78 Å². The van der Waals surface area contributed by atoms with Gasteiger partial charge in [-0.2, -0.15) is 0 Å². The fraction of sp³-hybridized carbons (Fsp3) is 0.111. The van der Waals surface area contributed by atoms with Crippen molar-refractivity contribution in [2.24, 2.45) is 5.73 Å². The number of rotatable bonds is 3. The van der Waals surface area contributed by atoms with Crippen molar-refractivity contribution in [1.29, 1.82) is 0 Å². The summed E-state index contributed by atoms with van der Waals surface area (Å²) in [7, 11) is 0. The summed E-state index contributed by atoms with van der Waals surface area (Å²) in [6.07, 6.45) is 3.13. The van der Waals surface area contributed by atoms with Crippen LogP contribution in [0.3, 0.4) is 0 Å². The van der Waals surface area contributed by atoms with Crippen molar-refractivity contribution in [3.8, 4) is 0 Å². The number of benzene rings is 2. The highest BCUT2D eigenvalue weighted by molar-refractivity contribution is 6.16. The van der Waals surface area contributed by atoms with E-state index in [1.54, 1.807) is 37.4 Å². The SMILES string of the molecule is CC(N)c1cc(F)c(C(=O)c2cccc3cnccc23)c(F)c1. The third-order valence-corrected chi connectivity index (χ3v) is 3.74. The van der Waals surface area contributed by atoms with Crippen molar-refractivity contribution >= 4 is 16.6 Å². The van der Waals surface area contributed by atoms with Crippen LogP contribution in [0.4, 0.5) is 8.78 Å². The number of pyridine rings is 1. The second-order valence-corrected chi connectivity index (χ2v) is 5.38. The Morgan fingerprint density at radius 2 is 1.87 bits per heavy atom. The summed E-state index contributed by atoms with van der Waals surface area (Å²) in [6.45, 7) is 1.62. The smallest absolute Gasteiger partial charge is 0.199 e. The minimum Gasteiger partial charge on any atom is -0.324 e. The van der Waals surface area contributed by atoms with Crippen LogP contribution in [0.5, 0.6) is 0 Å². The molecule has 0 aliphatic heterocycles. The standard InChI is InChI=1S/C18H14F2N2O/c1-10(21)12-7-15(19)17(16(20)8-12)18(23)14-4-2-3-11-9-22-6-5-13(11)14/h2-10H,21H2,1H3. The van der Waals surface area contributed by atoms with Crippen LogP contribution in [0.2, 0.25) is 0 Å². The molecule has 0 radical (unpaired) electrons. The van der Waals surface area contributed by atoms with Gasteiger partial charge in [-0.05, 0) is 36.1 Å². The third kappa shape index (κ3) is 2.71. The molecule has 2 aromatic carbocycles. The molecule has 0 bridgehead atoms. The molecule has 0 fully saturated rings. The molecule has 0 spiro atoms. The molecule has 3 rings (SSSR count). The van der Waals surface area contributed by atoms with E-state index >= 15 is 0 Å². The average molecular weight is 312 g/mol. The van der Waals surface area contributed by atoms with Crippen LogP contribution in [0.15, 0.2) is 48.8 Å². The van der Waals surface area contributed by atoms with E-state index in [-0.39, 0.29) is 5.56 Å². The molecule has 2 N–H and O–H groups in total. The van der Waals surface area contributed by atoms with Crippen LogP contribution in [0, 0.1) is 11.6 Å². The Bertz CT molecular complexity index is 878. The first-order valence-corrected chi connectivity index (χ1v) is 7.11. The molecule has 1 aromatic heterocycles. The van der Waals surface area contributed by atoms with E-state index in [1.807, 2.05) is 0 Å². The molecule has 0 aliphatic rings. The van der Waals surface area contributed by atoms with Gasteiger partial charge in [0.2, 0.25) is 0 Å². The normalized spacial score (nSPS) is 12.3. The Morgan fingerprint density at radius 1 is 1.17 bits per heavy atom. The molecule has 0 aliphatic carbocycles. The Morgan fingerprint density at radius 3 is 2.52 bits per heavy atom. The van der Waals surface area contributed by atoms with Crippen molar-refractivity contribution in [2.45, 2.75) is 13.0 Å².